The minimum atomic E-state index is -4.25. The molecule has 4 aromatic rings. The van der Waals surface area contributed by atoms with E-state index in [1.165, 1.54) is 25.3 Å². The van der Waals surface area contributed by atoms with Gasteiger partial charge in [0, 0.05) is 51.8 Å². The van der Waals surface area contributed by atoms with Gasteiger partial charge in [0.05, 0.1) is 13.7 Å². The molecule has 1 atom stereocenters. The smallest absolute Gasteiger partial charge is 0.411 e. The number of carbonyl (C=O) groups excluding carboxylic acids is 2. The van der Waals surface area contributed by atoms with Gasteiger partial charge in [-0.1, -0.05) is 37.0 Å². The first-order chi connectivity index (χ1) is 21.7. The Labute approximate surface area is 262 Å². The first kappa shape index (κ1) is 31.6. The Morgan fingerprint density at radius 1 is 1.07 bits per heavy atom. The number of ether oxygens (including phenoxy) is 2. The normalized spacial score (nSPS) is 13.9. The predicted octanol–water partition coefficient (Wildman–Crippen LogP) is 5.67. The average Bonchev–Trinajstić information content (AvgIpc) is 3.70. The minimum Gasteiger partial charge on any atom is -0.496 e. The maximum absolute atomic E-state index is 13.1. The number of aliphatic hydroxyl groups excluding tert-OH is 1. The summed E-state index contributed by atoms with van der Waals surface area (Å²) in [7, 11) is -2.76. The van der Waals surface area contributed by atoms with Crippen molar-refractivity contribution in [2.45, 2.75) is 55.9 Å². The molecule has 1 fully saturated rings. The van der Waals surface area contributed by atoms with E-state index < -0.39 is 22.0 Å². The zero-order valence-corrected chi connectivity index (χ0v) is 25.9. The molecule has 0 aliphatic heterocycles. The van der Waals surface area contributed by atoms with Crippen LogP contribution < -0.4 is 14.8 Å². The number of anilines is 1. The number of hydrogen-bond acceptors (Lipinski definition) is 7. The summed E-state index contributed by atoms with van der Waals surface area (Å²) in [5, 5.41) is 12.7. The average molecular weight is 630 g/mol. The second kappa shape index (κ2) is 13.9. The number of rotatable bonds is 9. The van der Waals surface area contributed by atoms with Crippen molar-refractivity contribution in [3.05, 3.63) is 89.1 Å². The Morgan fingerprint density at radius 3 is 2.60 bits per heavy atom. The number of amides is 2. The second-order valence-electron chi connectivity index (χ2n) is 10.8. The molecule has 1 aromatic heterocycles. The van der Waals surface area contributed by atoms with Crippen LogP contribution in [0.15, 0.2) is 71.8 Å². The van der Waals surface area contributed by atoms with E-state index in [0.717, 1.165) is 47.7 Å². The minimum absolute atomic E-state index is 0.0401. The molecule has 1 saturated carbocycles. The van der Waals surface area contributed by atoms with Gasteiger partial charge in [-0.3, -0.25) is 10.1 Å². The van der Waals surface area contributed by atoms with E-state index in [0.29, 0.717) is 11.4 Å². The van der Waals surface area contributed by atoms with Gasteiger partial charge in [0.2, 0.25) is 0 Å². The predicted molar refractivity (Wildman–Crippen MR) is 171 cm³/mol. The molecule has 45 heavy (non-hydrogen) atoms. The van der Waals surface area contributed by atoms with E-state index in [-0.39, 0.29) is 41.1 Å². The maximum atomic E-state index is 13.1. The van der Waals surface area contributed by atoms with Gasteiger partial charge in [-0.15, -0.1) is 0 Å². The van der Waals surface area contributed by atoms with Gasteiger partial charge in [0.25, 0.3) is 15.9 Å². The topological polar surface area (TPSA) is 147 Å². The molecule has 1 aliphatic rings. The van der Waals surface area contributed by atoms with Gasteiger partial charge in [-0.25, -0.2) is 17.9 Å². The molecule has 0 radical (unpaired) electrons. The first-order valence-corrected chi connectivity index (χ1v) is 16.2. The van der Waals surface area contributed by atoms with E-state index in [1.54, 1.807) is 24.3 Å². The second-order valence-corrected chi connectivity index (χ2v) is 12.5. The van der Waals surface area contributed by atoms with Crippen LogP contribution in [-0.2, 0) is 14.8 Å². The molecule has 234 valence electrons. The Morgan fingerprint density at radius 2 is 1.84 bits per heavy atom. The van der Waals surface area contributed by atoms with E-state index in [9.17, 15) is 18.0 Å². The molecular formula is C34H35N3O7S. The van der Waals surface area contributed by atoms with Crippen LogP contribution in [0.5, 0.6) is 5.75 Å². The quantitative estimate of drug-likeness (QED) is 0.174. The van der Waals surface area contributed by atoms with Crippen LogP contribution in [0, 0.1) is 11.8 Å². The molecule has 1 heterocycles. The Balaban J connectivity index is 1.35. The van der Waals surface area contributed by atoms with Gasteiger partial charge >= 0.3 is 6.09 Å². The van der Waals surface area contributed by atoms with E-state index >= 15 is 0 Å². The molecule has 3 aromatic carbocycles. The fourth-order valence-corrected chi connectivity index (χ4v) is 6.65. The Bertz CT molecular complexity index is 1880. The number of hydrogen-bond donors (Lipinski definition) is 4. The number of H-pyrrole nitrogens is 1. The van der Waals surface area contributed by atoms with Crippen molar-refractivity contribution < 1.29 is 32.6 Å². The third-order valence-electron chi connectivity index (χ3n) is 7.83. The highest BCUT2D eigenvalue weighted by Crippen LogP contribution is 2.37. The van der Waals surface area contributed by atoms with Crippen LogP contribution in [-0.4, -0.2) is 50.3 Å². The summed E-state index contributed by atoms with van der Waals surface area (Å²) < 4.78 is 39.6. The van der Waals surface area contributed by atoms with E-state index in [1.807, 2.05) is 31.3 Å². The summed E-state index contributed by atoms with van der Waals surface area (Å²) in [6.45, 7) is 1.85. The highest BCUT2D eigenvalue weighted by molar-refractivity contribution is 7.90. The number of fused-ring (bicyclic) bond motifs is 1. The fourth-order valence-electron chi connectivity index (χ4n) is 5.51. The molecule has 1 aliphatic carbocycles. The molecule has 1 unspecified atom stereocenters. The van der Waals surface area contributed by atoms with Crippen LogP contribution in [0.4, 0.5) is 10.5 Å². The zero-order valence-electron chi connectivity index (χ0n) is 25.1. The molecule has 10 nitrogen and oxygen atoms in total. The number of aromatic amines is 1. The summed E-state index contributed by atoms with van der Waals surface area (Å²) in [6, 6.07) is 16.5. The molecule has 0 bridgehead atoms. The third kappa shape index (κ3) is 7.30. The van der Waals surface area contributed by atoms with Crippen molar-refractivity contribution in [2.24, 2.45) is 0 Å². The van der Waals surface area contributed by atoms with E-state index in [4.69, 9.17) is 14.6 Å². The molecule has 2 amide bonds. The summed E-state index contributed by atoms with van der Waals surface area (Å²) in [5.74, 6) is 4.83. The number of sulfonamides is 1. The Kier molecular flexibility index (Phi) is 9.76. The maximum Gasteiger partial charge on any atom is 0.411 e. The molecule has 4 N–H and O–H groups in total. The van der Waals surface area contributed by atoms with E-state index in [2.05, 4.69) is 26.9 Å². The van der Waals surface area contributed by atoms with Crippen LogP contribution in [0.3, 0.4) is 0 Å². The van der Waals surface area contributed by atoms with Gasteiger partial charge in [0.1, 0.15) is 16.7 Å². The first-order valence-electron chi connectivity index (χ1n) is 14.7. The molecule has 5 rings (SSSR count). The summed E-state index contributed by atoms with van der Waals surface area (Å²) >= 11 is 0. The van der Waals surface area contributed by atoms with Crippen LogP contribution >= 0.6 is 0 Å². The largest absolute Gasteiger partial charge is 0.496 e. The van der Waals surface area contributed by atoms with Crippen LogP contribution in [0.2, 0.25) is 0 Å². The van der Waals surface area contributed by atoms with Gasteiger partial charge in [-0.05, 0) is 73.7 Å². The molecule has 0 saturated heterocycles. The van der Waals surface area contributed by atoms with Crippen molar-refractivity contribution in [3.63, 3.8) is 0 Å². The molecule has 0 spiro atoms. The fraction of sp³-hybridized carbons (Fsp3) is 0.294. The number of aliphatic hydroxyl groups is 1. The van der Waals surface area contributed by atoms with Crippen molar-refractivity contribution in [1.82, 2.24) is 9.71 Å². The lowest BCUT2D eigenvalue weighted by Crippen LogP contribution is -2.31. The number of aromatic nitrogens is 1. The lowest BCUT2D eigenvalue weighted by Gasteiger charge is -2.17. The number of nitrogens with one attached hydrogen (secondary N) is 3. The highest BCUT2D eigenvalue weighted by Gasteiger charge is 2.24. The van der Waals surface area contributed by atoms with Crippen LogP contribution in [0.25, 0.3) is 10.9 Å². The third-order valence-corrected chi connectivity index (χ3v) is 9.22. The van der Waals surface area contributed by atoms with Gasteiger partial charge < -0.3 is 19.6 Å². The lowest BCUT2D eigenvalue weighted by atomic mass is 9.91. The number of methoxy groups -OCH3 is 1. The van der Waals surface area contributed by atoms with Crippen molar-refractivity contribution in [3.8, 4) is 17.6 Å². The molecular weight excluding hydrogens is 594 g/mol. The van der Waals surface area contributed by atoms with Crippen LogP contribution in [0.1, 0.15) is 72.0 Å². The summed E-state index contributed by atoms with van der Waals surface area (Å²) in [4.78, 5) is 28.7. The highest BCUT2D eigenvalue weighted by atomic mass is 32.2. The summed E-state index contributed by atoms with van der Waals surface area (Å²) in [6.07, 6.45) is 5.49. The van der Waals surface area contributed by atoms with Crippen molar-refractivity contribution in [1.29, 1.82) is 0 Å². The SMILES string of the molecule is COc1cc(C(=O)NS(=O)(=O)c2ccccc2C#CCCO)ccc1C(C)c1c[nH]c2ccc(NC(=O)OC3CCCC3)cc12. The monoisotopic (exact) mass is 629 g/mol. The Hall–Kier alpha value is -4.79. The van der Waals surface area contributed by atoms with Crippen molar-refractivity contribution in [2.75, 3.05) is 19.0 Å². The lowest BCUT2D eigenvalue weighted by molar-refractivity contribution is 0.0980. The standard InChI is InChI=1S/C34H35N3O7S/c1-22(29-21-35-30-17-15-25(20-28(29)30)36-34(40)44-26-11-4-5-12-26)27-16-14-24(19-31(27)43-2)33(39)37-45(41,42)32-13-6-3-9-23(32)10-7-8-18-38/h3,6,9,13-17,19-22,26,35,38H,4-5,8,11-12,18H2,1-2H3,(H,36,40)(H,37,39). The number of carbonyl (C=O) groups is 2. The summed E-state index contributed by atoms with van der Waals surface area (Å²) in [5.41, 5.74) is 3.53. The van der Waals surface area contributed by atoms with Crippen molar-refractivity contribution >= 4 is 38.6 Å². The van der Waals surface area contributed by atoms with Gasteiger partial charge in [0.15, 0.2) is 0 Å². The van der Waals surface area contributed by atoms with Gasteiger partial charge in [-0.2, -0.15) is 0 Å². The molecule has 11 heteroatoms. The number of benzene rings is 3. The zero-order chi connectivity index (χ0) is 32.0.